The molecule has 0 aliphatic heterocycles. The molecular weight excluding hydrogens is 380 g/mol. The molecular formula is C20H37ClN2O3Si. The van der Waals surface area contributed by atoms with Gasteiger partial charge in [0.2, 0.25) is 0 Å². The largest absolute Gasteiger partial charge is 0.501 e. The third kappa shape index (κ3) is 9.74. The molecule has 3 N–H and O–H groups in total. The SMILES string of the molecule is C=CNCCC[Si](OCC)(OCC)OC(C)(CCN)Cc1ccccc1.Cl. The fourth-order valence-electron chi connectivity index (χ4n) is 3.13. The van der Waals surface area contributed by atoms with Crippen LogP contribution in [0.5, 0.6) is 0 Å². The Bertz CT molecular complexity index is 501. The third-order valence-corrected chi connectivity index (χ3v) is 7.40. The summed E-state index contributed by atoms with van der Waals surface area (Å²) >= 11 is 0. The van der Waals surface area contributed by atoms with E-state index in [1.165, 1.54) is 5.56 Å². The molecule has 27 heavy (non-hydrogen) atoms. The smallest absolute Gasteiger partial charge is 0.391 e. The summed E-state index contributed by atoms with van der Waals surface area (Å²) in [6.07, 6.45) is 4.15. The van der Waals surface area contributed by atoms with Crippen molar-refractivity contribution in [2.75, 3.05) is 26.3 Å². The first-order valence-electron chi connectivity index (χ1n) is 9.59. The van der Waals surface area contributed by atoms with E-state index < -0.39 is 14.4 Å². The van der Waals surface area contributed by atoms with Gasteiger partial charge in [-0.05, 0) is 51.9 Å². The number of hydrogen-bond donors (Lipinski definition) is 2. The van der Waals surface area contributed by atoms with E-state index >= 15 is 0 Å². The van der Waals surface area contributed by atoms with E-state index in [1.807, 2.05) is 19.9 Å². The van der Waals surface area contributed by atoms with E-state index in [0.29, 0.717) is 19.8 Å². The predicted molar refractivity (Wildman–Crippen MR) is 117 cm³/mol. The number of nitrogens with one attached hydrogen (secondary N) is 1. The lowest BCUT2D eigenvalue weighted by Gasteiger charge is -2.39. The molecule has 0 heterocycles. The van der Waals surface area contributed by atoms with Gasteiger partial charge in [-0.3, -0.25) is 0 Å². The number of halogens is 1. The van der Waals surface area contributed by atoms with E-state index in [2.05, 4.69) is 43.1 Å². The van der Waals surface area contributed by atoms with Crippen molar-refractivity contribution in [2.45, 2.75) is 51.7 Å². The van der Waals surface area contributed by atoms with Crippen LogP contribution in [0, 0.1) is 0 Å². The van der Waals surface area contributed by atoms with Gasteiger partial charge in [0.15, 0.2) is 0 Å². The Morgan fingerprint density at radius 1 is 1.19 bits per heavy atom. The number of benzene rings is 1. The zero-order chi connectivity index (χ0) is 19.3. The summed E-state index contributed by atoms with van der Waals surface area (Å²) in [6, 6.07) is 11.1. The first kappa shape index (κ1) is 26.1. The molecule has 0 saturated heterocycles. The van der Waals surface area contributed by atoms with Crippen LogP contribution in [0.1, 0.15) is 39.2 Å². The van der Waals surface area contributed by atoms with Gasteiger partial charge in [-0.25, -0.2) is 0 Å². The summed E-state index contributed by atoms with van der Waals surface area (Å²) in [5.74, 6) is 0. The molecule has 0 aliphatic rings. The van der Waals surface area contributed by atoms with Crippen LogP contribution in [0.4, 0.5) is 0 Å². The zero-order valence-electron chi connectivity index (χ0n) is 17.0. The van der Waals surface area contributed by atoms with Crippen molar-refractivity contribution in [3.05, 3.63) is 48.7 Å². The zero-order valence-corrected chi connectivity index (χ0v) is 18.9. The van der Waals surface area contributed by atoms with Crippen molar-refractivity contribution in [1.29, 1.82) is 0 Å². The minimum atomic E-state index is -2.80. The Balaban J connectivity index is 0.00000676. The van der Waals surface area contributed by atoms with E-state index in [9.17, 15) is 0 Å². The molecule has 5 nitrogen and oxygen atoms in total. The molecule has 0 bridgehead atoms. The van der Waals surface area contributed by atoms with Crippen LogP contribution in [0.3, 0.4) is 0 Å². The molecule has 156 valence electrons. The Labute approximate surface area is 172 Å². The Morgan fingerprint density at radius 2 is 1.81 bits per heavy atom. The van der Waals surface area contributed by atoms with Crippen LogP contribution < -0.4 is 11.1 Å². The maximum absolute atomic E-state index is 6.69. The van der Waals surface area contributed by atoms with Gasteiger partial charge in [0.1, 0.15) is 0 Å². The molecule has 0 aliphatic carbocycles. The van der Waals surface area contributed by atoms with Crippen LogP contribution in [0.2, 0.25) is 6.04 Å². The normalized spacial score (nSPS) is 13.5. The predicted octanol–water partition coefficient (Wildman–Crippen LogP) is 3.91. The molecule has 0 aromatic heterocycles. The highest BCUT2D eigenvalue weighted by Crippen LogP contribution is 2.30. The molecule has 0 fully saturated rings. The average Bonchev–Trinajstić information content (AvgIpc) is 2.60. The fraction of sp³-hybridized carbons (Fsp3) is 0.600. The second-order valence-electron chi connectivity index (χ2n) is 6.56. The minimum absolute atomic E-state index is 0. The Morgan fingerprint density at radius 3 is 2.33 bits per heavy atom. The molecule has 0 saturated carbocycles. The van der Waals surface area contributed by atoms with Crippen molar-refractivity contribution in [3.8, 4) is 0 Å². The van der Waals surface area contributed by atoms with Crippen molar-refractivity contribution in [2.24, 2.45) is 5.73 Å². The standard InChI is InChI=1S/C20H36N2O3Si.ClH/c1-5-22-16-11-17-26(23-6-2,24-7-3)25-20(4,14-15-21)18-19-12-9-8-10-13-19;/h5,8-10,12-13,22H,1,6-7,11,14-18,21H2,2-4H3;1H. The highest BCUT2D eigenvalue weighted by Gasteiger charge is 2.46. The van der Waals surface area contributed by atoms with E-state index in [-0.39, 0.29) is 12.4 Å². The number of hydrogen-bond acceptors (Lipinski definition) is 5. The molecule has 0 amide bonds. The van der Waals surface area contributed by atoms with Gasteiger partial charge in [0, 0.05) is 32.2 Å². The lowest BCUT2D eigenvalue weighted by Crippen LogP contribution is -2.53. The summed E-state index contributed by atoms with van der Waals surface area (Å²) in [5, 5.41) is 3.13. The highest BCUT2D eigenvalue weighted by molar-refractivity contribution is 6.60. The molecule has 1 unspecified atom stereocenters. The van der Waals surface area contributed by atoms with Gasteiger partial charge in [-0.15, -0.1) is 12.4 Å². The average molecular weight is 417 g/mol. The van der Waals surface area contributed by atoms with Crippen LogP contribution in [-0.4, -0.2) is 40.7 Å². The fourth-order valence-corrected chi connectivity index (χ4v) is 6.14. The van der Waals surface area contributed by atoms with Gasteiger partial charge in [0.05, 0.1) is 5.60 Å². The number of rotatable bonds is 15. The minimum Gasteiger partial charge on any atom is -0.391 e. The van der Waals surface area contributed by atoms with Crippen LogP contribution in [0.15, 0.2) is 43.1 Å². The topological polar surface area (TPSA) is 65.7 Å². The number of nitrogens with two attached hydrogens (primary N) is 1. The molecule has 7 heteroatoms. The summed E-state index contributed by atoms with van der Waals surface area (Å²) in [6.45, 7) is 12.3. The highest BCUT2D eigenvalue weighted by atomic mass is 35.5. The van der Waals surface area contributed by atoms with E-state index in [0.717, 1.165) is 31.9 Å². The summed E-state index contributed by atoms with van der Waals surface area (Å²) < 4.78 is 19.0. The Kier molecular flexibility index (Phi) is 13.7. The maximum atomic E-state index is 6.69. The van der Waals surface area contributed by atoms with Gasteiger partial charge < -0.3 is 24.3 Å². The van der Waals surface area contributed by atoms with Gasteiger partial charge in [0.25, 0.3) is 0 Å². The lowest BCUT2D eigenvalue weighted by molar-refractivity contribution is -0.0234. The van der Waals surface area contributed by atoms with Crippen molar-refractivity contribution in [3.63, 3.8) is 0 Å². The quantitative estimate of drug-likeness (QED) is 0.335. The molecule has 0 spiro atoms. The van der Waals surface area contributed by atoms with E-state index in [1.54, 1.807) is 6.20 Å². The molecule has 0 radical (unpaired) electrons. The van der Waals surface area contributed by atoms with Crippen LogP contribution in [0.25, 0.3) is 0 Å². The molecule has 1 aromatic carbocycles. The summed E-state index contributed by atoms with van der Waals surface area (Å²) in [5.41, 5.74) is 6.72. The van der Waals surface area contributed by atoms with Crippen LogP contribution in [-0.2, 0) is 19.7 Å². The van der Waals surface area contributed by atoms with Crippen LogP contribution >= 0.6 is 12.4 Å². The summed E-state index contributed by atoms with van der Waals surface area (Å²) in [4.78, 5) is 0. The Hall–Kier alpha value is -0.893. The lowest BCUT2D eigenvalue weighted by atomic mass is 9.93. The first-order valence-corrected chi connectivity index (χ1v) is 11.5. The van der Waals surface area contributed by atoms with Gasteiger partial charge >= 0.3 is 8.80 Å². The van der Waals surface area contributed by atoms with Crippen molar-refractivity contribution < 1.29 is 13.3 Å². The van der Waals surface area contributed by atoms with E-state index in [4.69, 9.17) is 19.0 Å². The van der Waals surface area contributed by atoms with Crippen molar-refractivity contribution >= 4 is 21.2 Å². The third-order valence-electron chi connectivity index (χ3n) is 4.17. The molecule has 1 aromatic rings. The van der Waals surface area contributed by atoms with Gasteiger partial charge in [-0.2, -0.15) is 0 Å². The first-order chi connectivity index (χ1) is 12.5. The van der Waals surface area contributed by atoms with Gasteiger partial charge in [-0.1, -0.05) is 36.9 Å². The van der Waals surface area contributed by atoms with Crippen molar-refractivity contribution in [1.82, 2.24) is 5.32 Å². The second kappa shape index (κ2) is 14.2. The summed E-state index contributed by atoms with van der Waals surface area (Å²) in [7, 11) is -2.80. The monoisotopic (exact) mass is 416 g/mol. The second-order valence-corrected chi connectivity index (χ2v) is 9.21. The molecule has 1 atom stereocenters. The molecule has 1 rings (SSSR count). The maximum Gasteiger partial charge on any atom is 0.501 e.